The van der Waals surface area contributed by atoms with Crippen molar-refractivity contribution in [3.05, 3.63) is 52.7 Å². The summed E-state index contributed by atoms with van der Waals surface area (Å²) in [7, 11) is 0. The lowest BCUT2D eigenvalue weighted by molar-refractivity contribution is -0.137. The van der Waals surface area contributed by atoms with E-state index in [1.807, 2.05) is 13.8 Å². The van der Waals surface area contributed by atoms with Gasteiger partial charge in [0.2, 0.25) is 5.91 Å². The van der Waals surface area contributed by atoms with Crippen LogP contribution in [0.4, 0.5) is 19.0 Å². The van der Waals surface area contributed by atoms with Gasteiger partial charge in [0.05, 0.1) is 22.8 Å². The van der Waals surface area contributed by atoms with Gasteiger partial charge in [-0.15, -0.1) is 0 Å². The number of amides is 1. The number of halogens is 4. The monoisotopic (exact) mass is 371 g/mol. The Morgan fingerprint density at radius 2 is 2.12 bits per heavy atom. The smallest absolute Gasteiger partial charge is 0.307 e. The fraction of sp³-hybridized carbons (Fsp3) is 0.294. The highest BCUT2D eigenvalue weighted by Gasteiger charge is 2.33. The van der Waals surface area contributed by atoms with E-state index in [9.17, 15) is 18.0 Å². The number of carbonyl (C=O) groups excluding carboxylic acids is 1. The first-order valence-corrected chi connectivity index (χ1v) is 7.99. The van der Waals surface area contributed by atoms with Crippen molar-refractivity contribution < 1.29 is 18.0 Å². The number of hydrogen-bond acceptors (Lipinski definition) is 2. The average molecular weight is 372 g/mol. The molecule has 0 radical (unpaired) electrons. The Labute approximate surface area is 148 Å². The summed E-state index contributed by atoms with van der Waals surface area (Å²) in [6.45, 7) is 3.96. The van der Waals surface area contributed by atoms with Crippen LogP contribution >= 0.6 is 11.6 Å². The van der Waals surface area contributed by atoms with Gasteiger partial charge in [-0.2, -0.15) is 18.3 Å². The van der Waals surface area contributed by atoms with E-state index in [2.05, 4.69) is 10.4 Å². The molecule has 2 rings (SSSR count). The second-order valence-corrected chi connectivity index (χ2v) is 5.89. The van der Waals surface area contributed by atoms with Crippen LogP contribution in [0.5, 0.6) is 0 Å². The first-order chi connectivity index (χ1) is 11.7. The third-order valence-corrected chi connectivity index (χ3v) is 3.98. The maximum absolute atomic E-state index is 12.8. The molecule has 134 valence electrons. The quantitative estimate of drug-likeness (QED) is 0.736. The van der Waals surface area contributed by atoms with Gasteiger partial charge in [-0.3, -0.25) is 4.79 Å². The van der Waals surface area contributed by atoms with Gasteiger partial charge in [0.1, 0.15) is 5.82 Å². The minimum atomic E-state index is -4.55. The van der Waals surface area contributed by atoms with Gasteiger partial charge in [-0.05, 0) is 37.1 Å². The Bertz CT molecular complexity index is 784. The number of nitrogens with one attached hydrogen (secondary N) is 1. The predicted molar refractivity (Wildman–Crippen MR) is 91.3 cm³/mol. The van der Waals surface area contributed by atoms with Crippen molar-refractivity contribution in [1.82, 2.24) is 9.78 Å². The van der Waals surface area contributed by atoms with Gasteiger partial charge in [0.15, 0.2) is 0 Å². The molecule has 0 saturated carbocycles. The van der Waals surface area contributed by atoms with Crippen LogP contribution in [0.25, 0.3) is 6.08 Å². The average Bonchev–Trinajstić information content (AvgIpc) is 3.00. The molecular formula is C17H17ClF3N3O. The number of anilines is 1. The van der Waals surface area contributed by atoms with E-state index in [-0.39, 0.29) is 16.6 Å². The molecule has 0 aliphatic carbocycles. The van der Waals surface area contributed by atoms with Crippen LogP contribution in [-0.2, 0) is 11.0 Å². The maximum atomic E-state index is 12.8. The van der Waals surface area contributed by atoms with E-state index in [1.165, 1.54) is 12.1 Å². The molecule has 1 amide bonds. The summed E-state index contributed by atoms with van der Waals surface area (Å²) in [6, 6.07) is 5.22. The molecule has 4 nitrogen and oxygen atoms in total. The summed E-state index contributed by atoms with van der Waals surface area (Å²) in [5.74, 6) is 0.0599. The molecule has 0 bridgehead atoms. The molecule has 0 saturated heterocycles. The zero-order chi connectivity index (χ0) is 18.6. The van der Waals surface area contributed by atoms with Gasteiger partial charge < -0.3 is 5.32 Å². The van der Waals surface area contributed by atoms with Crippen LogP contribution in [0.3, 0.4) is 0 Å². The predicted octanol–water partition coefficient (Wildman–Crippen LogP) is 5.18. The zero-order valence-electron chi connectivity index (χ0n) is 13.6. The second kappa shape index (κ2) is 7.74. The summed E-state index contributed by atoms with van der Waals surface area (Å²) in [4.78, 5) is 12.0. The summed E-state index contributed by atoms with van der Waals surface area (Å²) >= 11 is 5.57. The minimum Gasteiger partial charge on any atom is -0.307 e. The van der Waals surface area contributed by atoms with Crippen LogP contribution in [0, 0.1) is 0 Å². The lowest BCUT2D eigenvalue weighted by Gasteiger charge is -2.13. The largest absolute Gasteiger partial charge is 0.417 e. The van der Waals surface area contributed by atoms with E-state index < -0.39 is 17.6 Å². The third-order valence-electron chi connectivity index (χ3n) is 3.65. The Balaban J connectivity index is 2.12. The number of carbonyl (C=O) groups is 1. The number of aromatic nitrogens is 2. The van der Waals surface area contributed by atoms with Crippen molar-refractivity contribution in [3.8, 4) is 0 Å². The van der Waals surface area contributed by atoms with E-state index in [1.54, 1.807) is 16.9 Å². The van der Waals surface area contributed by atoms with Crippen molar-refractivity contribution in [3.63, 3.8) is 0 Å². The van der Waals surface area contributed by atoms with E-state index in [0.29, 0.717) is 5.82 Å². The highest BCUT2D eigenvalue weighted by Crippen LogP contribution is 2.35. The Morgan fingerprint density at radius 3 is 2.76 bits per heavy atom. The summed E-state index contributed by atoms with van der Waals surface area (Å²) in [5.41, 5.74) is -0.714. The van der Waals surface area contributed by atoms with Gasteiger partial charge in [-0.25, -0.2) is 4.68 Å². The zero-order valence-corrected chi connectivity index (χ0v) is 14.4. The summed E-state index contributed by atoms with van der Waals surface area (Å²) in [5, 5.41) is 6.42. The molecule has 25 heavy (non-hydrogen) atoms. The molecular weight excluding hydrogens is 355 g/mol. The van der Waals surface area contributed by atoms with Gasteiger partial charge >= 0.3 is 6.18 Å². The molecule has 0 aliphatic heterocycles. The molecule has 2 aromatic rings. The second-order valence-electron chi connectivity index (χ2n) is 5.48. The SMILES string of the molecule is CCC(C)n1nccc1NC(=O)/C=C/c1ccc(Cl)c(C(F)(F)F)c1. The highest BCUT2D eigenvalue weighted by molar-refractivity contribution is 6.31. The third kappa shape index (κ3) is 4.85. The first kappa shape index (κ1) is 19.1. The van der Waals surface area contributed by atoms with Crippen LogP contribution in [-0.4, -0.2) is 15.7 Å². The molecule has 0 spiro atoms. The fourth-order valence-corrected chi connectivity index (χ4v) is 2.37. The Hall–Kier alpha value is -2.28. The lowest BCUT2D eigenvalue weighted by atomic mass is 10.1. The van der Waals surface area contributed by atoms with Gasteiger partial charge in [0, 0.05) is 12.1 Å². The van der Waals surface area contributed by atoms with Crippen LogP contribution in [0.2, 0.25) is 5.02 Å². The van der Waals surface area contributed by atoms with Crippen molar-refractivity contribution in [1.29, 1.82) is 0 Å². The van der Waals surface area contributed by atoms with E-state index in [0.717, 1.165) is 24.6 Å². The molecule has 8 heteroatoms. The standard InChI is InChI=1S/C17H17ClF3N3O/c1-3-11(2)24-15(8-9-22-24)23-16(25)7-5-12-4-6-14(18)13(10-12)17(19,20)21/h4-11H,3H2,1-2H3,(H,23,25)/b7-5+. The fourth-order valence-electron chi connectivity index (χ4n) is 2.14. The maximum Gasteiger partial charge on any atom is 0.417 e. The number of nitrogens with zero attached hydrogens (tertiary/aromatic N) is 2. The topological polar surface area (TPSA) is 46.9 Å². The van der Waals surface area contributed by atoms with Crippen LogP contribution in [0.1, 0.15) is 37.4 Å². The Morgan fingerprint density at radius 1 is 1.40 bits per heavy atom. The number of alkyl halides is 3. The lowest BCUT2D eigenvalue weighted by Crippen LogP contribution is -2.15. The molecule has 1 N–H and O–H groups in total. The summed E-state index contributed by atoms with van der Waals surface area (Å²) in [6.07, 6.45) is 0.319. The summed E-state index contributed by atoms with van der Waals surface area (Å²) < 4.78 is 40.2. The van der Waals surface area contributed by atoms with Gasteiger partial charge in [0.25, 0.3) is 0 Å². The molecule has 1 aromatic heterocycles. The number of hydrogen-bond donors (Lipinski definition) is 1. The molecule has 1 aromatic carbocycles. The molecule has 1 heterocycles. The van der Waals surface area contributed by atoms with Crippen molar-refractivity contribution >= 4 is 29.4 Å². The minimum absolute atomic E-state index is 0.111. The van der Waals surface area contributed by atoms with Crippen molar-refractivity contribution in [2.45, 2.75) is 32.5 Å². The van der Waals surface area contributed by atoms with Crippen molar-refractivity contribution in [2.24, 2.45) is 0 Å². The number of rotatable bonds is 5. The molecule has 1 atom stereocenters. The Kier molecular flexibility index (Phi) is 5.89. The highest BCUT2D eigenvalue weighted by atomic mass is 35.5. The van der Waals surface area contributed by atoms with Crippen molar-refractivity contribution in [2.75, 3.05) is 5.32 Å². The number of benzene rings is 1. The molecule has 1 unspecified atom stereocenters. The normalized spacial score (nSPS) is 13.2. The van der Waals surface area contributed by atoms with Crippen LogP contribution in [0.15, 0.2) is 36.5 Å². The van der Waals surface area contributed by atoms with Crippen LogP contribution < -0.4 is 5.32 Å². The van der Waals surface area contributed by atoms with E-state index >= 15 is 0 Å². The molecule has 0 aliphatic rings. The van der Waals surface area contributed by atoms with E-state index in [4.69, 9.17) is 11.6 Å². The first-order valence-electron chi connectivity index (χ1n) is 7.61. The van der Waals surface area contributed by atoms with Gasteiger partial charge in [-0.1, -0.05) is 24.6 Å². The molecule has 0 fully saturated rings.